The van der Waals surface area contributed by atoms with Crippen molar-refractivity contribution < 1.29 is 5.11 Å². The van der Waals surface area contributed by atoms with Crippen molar-refractivity contribution in [2.75, 3.05) is 0 Å². The van der Waals surface area contributed by atoms with E-state index in [-0.39, 0.29) is 11.5 Å². The second kappa shape index (κ2) is 3.02. The van der Waals surface area contributed by atoms with Crippen LogP contribution in [0.3, 0.4) is 0 Å². The first-order valence-electron chi connectivity index (χ1n) is 2.25. The fraction of sp³-hybridized carbons (Fsp3) is 0.167. The summed E-state index contributed by atoms with van der Waals surface area (Å²) in [6.07, 6.45) is 2.82. The molecule has 0 saturated heterocycles. The maximum Gasteiger partial charge on any atom is 0.135 e. The fourth-order valence-corrected chi connectivity index (χ4v) is 0.237. The van der Waals surface area contributed by atoms with Gasteiger partial charge in [-0.25, -0.2) is 0 Å². The van der Waals surface area contributed by atoms with Crippen molar-refractivity contribution in [3.05, 3.63) is 24.5 Å². The van der Waals surface area contributed by atoms with Gasteiger partial charge in [0.25, 0.3) is 0 Å². The van der Waals surface area contributed by atoms with Crippen LogP contribution in [-0.4, -0.2) is 10.8 Å². The van der Waals surface area contributed by atoms with Crippen LogP contribution in [0, 0.1) is 5.41 Å². The minimum absolute atomic E-state index is 0.0278. The van der Waals surface area contributed by atoms with Crippen LogP contribution in [0.25, 0.3) is 0 Å². The zero-order valence-corrected chi connectivity index (χ0v) is 4.81. The van der Waals surface area contributed by atoms with Gasteiger partial charge in [-0.1, -0.05) is 12.7 Å². The number of hydrogen-bond donors (Lipinski definition) is 2. The zero-order valence-electron chi connectivity index (χ0n) is 4.81. The summed E-state index contributed by atoms with van der Waals surface area (Å²) >= 11 is 0. The van der Waals surface area contributed by atoms with Crippen molar-refractivity contribution in [3.8, 4) is 0 Å². The maximum atomic E-state index is 8.69. The van der Waals surface area contributed by atoms with Crippen molar-refractivity contribution in [1.29, 1.82) is 5.41 Å². The molecule has 0 aromatic rings. The average Bonchev–Trinajstić information content (AvgIpc) is 1.67. The highest BCUT2D eigenvalue weighted by atomic mass is 16.3. The Labute approximate surface area is 48.7 Å². The number of aliphatic hydroxyl groups is 1. The summed E-state index contributed by atoms with van der Waals surface area (Å²) in [7, 11) is 0. The maximum absolute atomic E-state index is 8.69. The summed E-state index contributed by atoms with van der Waals surface area (Å²) in [6.45, 7) is 4.86. The van der Waals surface area contributed by atoms with Crippen LogP contribution in [0.15, 0.2) is 24.5 Å². The molecule has 0 aromatic heterocycles. The summed E-state index contributed by atoms with van der Waals surface area (Å²) in [5.74, 6) is -0.0278. The second-order valence-corrected chi connectivity index (χ2v) is 1.41. The highest BCUT2D eigenvalue weighted by Crippen LogP contribution is 1.88. The molecule has 0 rings (SSSR count). The number of rotatable bonds is 2. The quantitative estimate of drug-likeness (QED) is 0.317. The molecule has 2 N–H and O–H groups in total. The standard InChI is InChI=1S/C6H9NO/c1-3-4-6(8)5(2)7/h3-4,7-8H,1H2,2H3/b6-4+,7-5?. The van der Waals surface area contributed by atoms with Crippen LogP contribution in [-0.2, 0) is 0 Å². The van der Waals surface area contributed by atoms with Crippen LogP contribution in [0.2, 0.25) is 0 Å². The van der Waals surface area contributed by atoms with E-state index in [4.69, 9.17) is 10.5 Å². The number of nitrogens with one attached hydrogen (secondary N) is 1. The van der Waals surface area contributed by atoms with E-state index in [1.165, 1.54) is 19.1 Å². The molecule has 0 unspecified atom stereocenters. The average molecular weight is 111 g/mol. The predicted molar refractivity (Wildman–Crippen MR) is 34.3 cm³/mol. The van der Waals surface area contributed by atoms with E-state index in [1.54, 1.807) is 0 Å². The number of allylic oxidation sites excluding steroid dienone is 3. The third kappa shape index (κ3) is 2.18. The lowest BCUT2D eigenvalue weighted by molar-refractivity contribution is 0.442. The summed E-state index contributed by atoms with van der Waals surface area (Å²) in [4.78, 5) is 0. The molecule has 0 amide bonds. The molecule has 0 spiro atoms. The highest BCUT2D eigenvalue weighted by Gasteiger charge is 1.88. The van der Waals surface area contributed by atoms with Crippen LogP contribution < -0.4 is 0 Å². The zero-order chi connectivity index (χ0) is 6.57. The van der Waals surface area contributed by atoms with Crippen molar-refractivity contribution in [1.82, 2.24) is 0 Å². The van der Waals surface area contributed by atoms with Gasteiger partial charge in [0.2, 0.25) is 0 Å². The Kier molecular flexibility index (Phi) is 2.62. The van der Waals surface area contributed by atoms with Gasteiger partial charge in [0, 0.05) is 0 Å². The van der Waals surface area contributed by atoms with Crippen LogP contribution in [0.1, 0.15) is 6.92 Å². The van der Waals surface area contributed by atoms with Crippen LogP contribution >= 0.6 is 0 Å². The molecule has 0 aliphatic carbocycles. The molecule has 44 valence electrons. The molecule has 0 bridgehead atoms. The lowest BCUT2D eigenvalue weighted by Gasteiger charge is -1.89. The van der Waals surface area contributed by atoms with E-state index >= 15 is 0 Å². The van der Waals surface area contributed by atoms with E-state index in [9.17, 15) is 0 Å². The second-order valence-electron chi connectivity index (χ2n) is 1.41. The molecule has 8 heavy (non-hydrogen) atoms. The summed E-state index contributed by atoms with van der Waals surface area (Å²) in [5, 5.41) is 15.5. The van der Waals surface area contributed by atoms with E-state index in [0.29, 0.717) is 0 Å². The Bertz CT molecular complexity index is 135. The molecule has 0 radical (unpaired) electrons. The van der Waals surface area contributed by atoms with Gasteiger partial charge in [-0.05, 0) is 13.0 Å². The first kappa shape index (κ1) is 6.95. The Morgan fingerprint density at radius 1 is 1.75 bits per heavy atom. The smallest absolute Gasteiger partial charge is 0.135 e. The lowest BCUT2D eigenvalue weighted by atomic mass is 10.3. The lowest BCUT2D eigenvalue weighted by Crippen LogP contribution is -1.91. The molecule has 0 fully saturated rings. The minimum atomic E-state index is -0.0278. The minimum Gasteiger partial charge on any atom is -0.506 e. The topological polar surface area (TPSA) is 44.1 Å². The molecule has 0 atom stereocenters. The van der Waals surface area contributed by atoms with E-state index in [0.717, 1.165) is 0 Å². The fourth-order valence-electron chi connectivity index (χ4n) is 0.237. The molecular formula is C6H9NO. The molecule has 2 nitrogen and oxygen atoms in total. The van der Waals surface area contributed by atoms with Gasteiger partial charge in [0.1, 0.15) is 5.76 Å². The van der Waals surface area contributed by atoms with E-state index in [2.05, 4.69) is 6.58 Å². The SMILES string of the molecule is C=C/C=C(/O)C(C)=N. The van der Waals surface area contributed by atoms with Gasteiger partial charge in [0.15, 0.2) is 0 Å². The Morgan fingerprint density at radius 2 is 2.25 bits per heavy atom. The molecule has 0 saturated carbocycles. The molecule has 0 aliphatic heterocycles. The molecule has 0 aliphatic rings. The van der Waals surface area contributed by atoms with Gasteiger partial charge >= 0.3 is 0 Å². The number of aliphatic hydroxyl groups excluding tert-OH is 1. The predicted octanol–water partition coefficient (Wildman–Crippen LogP) is 1.65. The Hall–Kier alpha value is -1.05. The van der Waals surface area contributed by atoms with Crippen molar-refractivity contribution in [3.63, 3.8) is 0 Å². The van der Waals surface area contributed by atoms with E-state index < -0.39 is 0 Å². The summed E-state index contributed by atoms with van der Waals surface area (Å²) < 4.78 is 0. The largest absolute Gasteiger partial charge is 0.506 e. The van der Waals surface area contributed by atoms with Crippen molar-refractivity contribution in [2.45, 2.75) is 6.92 Å². The Morgan fingerprint density at radius 3 is 2.38 bits per heavy atom. The van der Waals surface area contributed by atoms with Gasteiger partial charge < -0.3 is 10.5 Å². The summed E-state index contributed by atoms with van der Waals surface area (Å²) in [6, 6.07) is 0. The highest BCUT2D eigenvalue weighted by molar-refractivity contribution is 5.93. The van der Waals surface area contributed by atoms with Gasteiger partial charge in [-0.3, -0.25) is 0 Å². The van der Waals surface area contributed by atoms with Crippen molar-refractivity contribution in [2.24, 2.45) is 0 Å². The van der Waals surface area contributed by atoms with Crippen LogP contribution in [0.5, 0.6) is 0 Å². The molecule has 0 aromatic carbocycles. The van der Waals surface area contributed by atoms with E-state index in [1.807, 2.05) is 0 Å². The molecular weight excluding hydrogens is 102 g/mol. The van der Waals surface area contributed by atoms with Gasteiger partial charge in [-0.15, -0.1) is 0 Å². The molecule has 0 heterocycles. The first-order valence-corrected chi connectivity index (χ1v) is 2.25. The monoisotopic (exact) mass is 111 g/mol. The van der Waals surface area contributed by atoms with Crippen molar-refractivity contribution >= 4 is 5.71 Å². The number of hydrogen-bond acceptors (Lipinski definition) is 2. The third-order valence-corrected chi connectivity index (χ3v) is 0.660. The van der Waals surface area contributed by atoms with Crippen LogP contribution in [0.4, 0.5) is 0 Å². The first-order chi connectivity index (χ1) is 3.68. The Balaban J connectivity index is 3.99. The third-order valence-electron chi connectivity index (χ3n) is 0.660. The van der Waals surface area contributed by atoms with Gasteiger partial charge in [0.05, 0.1) is 5.71 Å². The summed E-state index contributed by atoms with van der Waals surface area (Å²) in [5.41, 5.74) is 0.157. The normalized spacial score (nSPS) is 10.9. The van der Waals surface area contributed by atoms with Gasteiger partial charge in [-0.2, -0.15) is 0 Å². The molecule has 2 heteroatoms.